The van der Waals surface area contributed by atoms with Crippen LogP contribution < -0.4 is 0 Å². The van der Waals surface area contributed by atoms with Gasteiger partial charge in [0.1, 0.15) is 5.82 Å². The summed E-state index contributed by atoms with van der Waals surface area (Å²) in [4.78, 5) is 13.0. The number of aliphatic carboxylic acids is 1. The number of nitrogens with zero attached hydrogens (tertiary/aromatic N) is 1. The largest absolute Gasteiger partial charge is 0.481 e. The summed E-state index contributed by atoms with van der Waals surface area (Å²) in [5.74, 6) is -0.528. The molecular formula is C16H21BrFNO2. The van der Waals surface area contributed by atoms with Gasteiger partial charge in [-0.15, -0.1) is 0 Å². The Balaban J connectivity index is 2.01. The number of carboxylic acids is 1. The summed E-state index contributed by atoms with van der Waals surface area (Å²) < 4.78 is 14.8. The number of hydrogen-bond acceptors (Lipinski definition) is 2. The van der Waals surface area contributed by atoms with Crippen LogP contribution in [0.5, 0.6) is 0 Å². The number of benzene rings is 1. The van der Waals surface area contributed by atoms with Crippen molar-refractivity contribution in [3.05, 3.63) is 34.1 Å². The lowest BCUT2D eigenvalue weighted by atomic mass is 9.91. The highest BCUT2D eigenvalue weighted by molar-refractivity contribution is 9.10. The van der Waals surface area contributed by atoms with Gasteiger partial charge in [0.2, 0.25) is 0 Å². The van der Waals surface area contributed by atoms with Crippen LogP contribution in [0.25, 0.3) is 0 Å². The van der Waals surface area contributed by atoms with Gasteiger partial charge >= 0.3 is 5.97 Å². The molecule has 3 nitrogen and oxygen atoms in total. The van der Waals surface area contributed by atoms with Gasteiger partial charge in [-0.25, -0.2) is 4.39 Å². The maximum absolute atomic E-state index is 14.1. The second kappa shape index (κ2) is 7.36. The van der Waals surface area contributed by atoms with Gasteiger partial charge in [0.15, 0.2) is 0 Å². The molecule has 2 rings (SSSR count). The zero-order valence-electron chi connectivity index (χ0n) is 12.2. The van der Waals surface area contributed by atoms with Crippen LogP contribution in [0.3, 0.4) is 0 Å². The van der Waals surface area contributed by atoms with E-state index in [1.807, 2.05) is 19.1 Å². The average Bonchev–Trinajstić information content (AvgIpc) is 2.45. The van der Waals surface area contributed by atoms with Crippen molar-refractivity contribution >= 4 is 21.9 Å². The molecule has 0 saturated carbocycles. The molecule has 0 radical (unpaired) electrons. The number of rotatable bonds is 5. The predicted molar refractivity (Wildman–Crippen MR) is 83.7 cm³/mol. The summed E-state index contributed by atoms with van der Waals surface area (Å²) in [6, 6.07) is 5.20. The minimum absolute atomic E-state index is 0.0192. The molecule has 1 fully saturated rings. The van der Waals surface area contributed by atoms with Gasteiger partial charge in [-0.2, -0.15) is 0 Å². The lowest BCUT2D eigenvalue weighted by molar-refractivity contribution is -0.137. The fourth-order valence-corrected chi connectivity index (χ4v) is 3.38. The van der Waals surface area contributed by atoms with Crippen molar-refractivity contribution in [3.63, 3.8) is 0 Å². The molecule has 1 aliphatic heterocycles. The first-order chi connectivity index (χ1) is 9.97. The highest BCUT2D eigenvalue weighted by Gasteiger charge is 2.26. The number of piperidine rings is 1. The molecule has 0 aromatic heterocycles. The molecule has 116 valence electrons. The lowest BCUT2D eigenvalue weighted by Gasteiger charge is -2.37. The number of carbonyl (C=O) groups is 1. The monoisotopic (exact) mass is 357 g/mol. The van der Waals surface area contributed by atoms with E-state index < -0.39 is 5.97 Å². The summed E-state index contributed by atoms with van der Waals surface area (Å²) in [7, 11) is 0. The van der Waals surface area contributed by atoms with Crippen LogP contribution in [0.1, 0.15) is 44.2 Å². The third-order valence-electron chi connectivity index (χ3n) is 4.28. The highest BCUT2D eigenvalue weighted by Crippen LogP contribution is 2.30. The minimum Gasteiger partial charge on any atom is -0.481 e. The third kappa shape index (κ3) is 4.51. The summed E-state index contributed by atoms with van der Waals surface area (Å²) in [5.41, 5.74) is 0.706. The van der Waals surface area contributed by atoms with Gasteiger partial charge in [-0.3, -0.25) is 9.69 Å². The van der Waals surface area contributed by atoms with Crippen molar-refractivity contribution < 1.29 is 14.3 Å². The van der Waals surface area contributed by atoms with Gasteiger partial charge in [-0.1, -0.05) is 22.0 Å². The first kappa shape index (κ1) is 16.4. The van der Waals surface area contributed by atoms with E-state index in [2.05, 4.69) is 20.8 Å². The standard InChI is InChI=1S/C16H21BrFNO2/c1-11(14-6-5-13(17)9-15(14)18)19-8-2-3-12(10-19)4-7-16(20)21/h5-6,9,11-12H,2-4,7-8,10H2,1H3,(H,20,21). The molecule has 1 N–H and O–H groups in total. The Morgan fingerprint density at radius 3 is 3.00 bits per heavy atom. The summed E-state index contributed by atoms with van der Waals surface area (Å²) in [6.07, 6.45) is 3.05. The first-order valence-electron chi connectivity index (χ1n) is 7.38. The summed E-state index contributed by atoms with van der Waals surface area (Å²) in [6.45, 7) is 3.82. The topological polar surface area (TPSA) is 40.5 Å². The minimum atomic E-state index is -0.737. The van der Waals surface area contributed by atoms with Crippen LogP contribution in [-0.2, 0) is 4.79 Å². The van der Waals surface area contributed by atoms with Gasteiger partial charge in [0, 0.05) is 29.0 Å². The zero-order valence-corrected chi connectivity index (χ0v) is 13.8. The van der Waals surface area contributed by atoms with Crippen molar-refractivity contribution in [2.24, 2.45) is 5.92 Å². The van der Waals surface area contributed by atoms with E-state index >= 15 is 0 Å². The fourth-order valence-electron chi connectivity index (χ4n) is 3.05. The molecule has 0 bridgehead atoms. The van der Waals surface area contributed by atoms with Crippen molar-refractivity contribution in [2.45, 2.75) is 38.6 Å². The van der Waals surface area contributed by atoms with Gasteiger partial charge in [0.05, 0.1) is 0 Å². The Morgan fingerprint density at radius 1 is 1.57 bits per heavy atom. The molecule has 5 heteroatoms. The molecule has 1 aromatic rings. The fraction of sp³-hybridized carbons (Fsp3) is 0.562. The van der Waals surface area contributed by atoms with Crippen LogP contribution in [0.15, 0.2) is 22.7 Å². The van der Waals surface area contributed by atoms with Gasteiger partial charge in [0.25, 0.3) is 0 Å². The Hall–Kier alpha value is -0.940. The van der Waals surface area contributed by atoms with E-state index in [0.717, 1.165) is 30.4 Å². The van der Waals surface area contributed by atoms with E-state index in [4.69, 9.17) is 5.11 Å². The van der Waals surface area contributed by atoms with Crippen LogP contribution in [0.2, 0.25) is 0 Å². The smallest absolute Gasteiger partial charge is 0.303 e. The SMILES string of the molecule is CC(c1ccc(Br)cc1F)N1CCCC(CCC(=O)O)C1. The van der Waals surface area contributed by atoms with Crippen LogP contribution in [-0.4, -0.2) is 29.1 Å². The molecule has 0 spiro atoms. The Kier molecular flexibility index (Phi) is 5.76. The Morgan fingerprint density at radius 2 is 2.33 bits per heavy atom. The second-order valence-electron chi connectivity index (χ2n) is 5.78. The number of hydrogen-bond donors (Lipinski definition) is 1. The van der Waals surface area contributed by atoms with E-state index in [-0.39, 0.29) is 18.3 Å². The Bertz CT molecular complexity index is 509. The molecule has 1 aliphatic rings. The molecule has 0 amide bonds. The van der Waals surface area contributed by atoms with Crippen molar-refractivity contribution in [1.29, 1.82) is 0 Å². The molecule has 2 atom stereocenters. The maximum Gasteiger partial charge on any atom is 0.303 e. The lowest BCUT2D eigenvalue weighted by Crippen LogP contribution is -2.37. The third-order valence-corrected chi connectivity index (χ3v) is 4.77. The maximum atomic E-state index is 14.1. The van der Waals surface area contributed by atoms with Crippen molar-refractivity contribution in [3.8, 4) is 0 Å². The molecular weight excluding hydrogens is 337 g/mol. The van der Waals surface area contributed by atoms with Gasteiger partial charge in [-0.05, 0) is 50.8 Å². The number of halogens is 2. The molecule has 21 heavy (non-hydrogen) atoms. The van der Waals surface area contributed by atoms with Crippen LogP contribution in [0.4, 0.5) is 4.39 Å². The highest BCUT2D eigenvalue weighted by atomic mass is 79.9. The van der Waals surface area contributed by atoms with E-state index in [0.29, 0.717) is 17.9 Å². The number of carboxylic acid groups (broad SMARTS) is 1. The summed E-state index contributed by atoms with van der Waals surface area (Å²) >= 11 is 3.28. The van der Waals surface area contributed by atoms with Crippen LogP contribution >= 0.6 is 15.9 Å². The van der Waals surface area contributed by atoms with E-state index in [1.165, 1.54) is 6.07 Å². The molecule has 1 heterocycles. The van der Waals surface area contributed by atoms with E-state index in [9.17, 15) is 9.18 Å². The molecule has 1 saturated heterocycles. The van der Waals surface area contributed by atoms with Crippen molar-refractivity contribution in [2.75, 3.05) is 13.1 Å². The predicted octanol–water partition coefficient (Wildman–Crippen LogP) is 4.23. The second-order valence-corrected chi connectivity index (χ2v) is 6.69. The van der Waals surface area contributed by atoms with Crippen LogP contribution in [0, 0.1) is 11.7 Å². The quantitative estimate of drug-likeness (QED) is 0.857. The van der Waals surface area contributed by atoms with E-state index in [1.54, 1.807) is 0 Å². The average molecular weight is 358 g/mol. The van der Waals surface area contributed by atoms with Gasteiger partial charge < -0.3 is 5.11 Å². The summed E-state index contributed by atoms with van der Waals surface area (Å²) in [5, 5.41) is 8.79. The Labute approximate surface area is 133 Å². The normalized spacial score (nSPS) is 21.2. The first-order valence-corrected chi connectivity index (χ1v) is 8.17. The zero-order chi connectivity index (χ0) is 15.4. The molecule has 0 aliphatic carbocycles. The number of likely N-dealkylation sites (tertiary alicyclic amines) is 1. The molecule has 1 aromatic carbocycles. The van der Waals surface area contributed by atoms with Crippen molar-refractivity contribution in [1.82, 2.24) is 4.90 Å². The molecule has 2 unspecified atom stereocenters.